The Morgan fingerprint density at radius 3 is 3.00 bits per heavy atom. The van der Waals surface area contributed by atoms with Crippen LogP contribution in [0.1, 0.15) is 22.2 Å². The van der Waals surface area contributed by atoms with Crippen molar-refractivity contribution in [2.24, 2.45) is 7.05 Å². The largest absolute Gasteiger partial charge is 0.336 e. The topological polar surface area (TPSA) is 50.2 Å². The molecule has 1 amide bonds. The Morgan fingerprint density at radius 1 is 1.38 bits per heavy atom. The van der Waals surface area contributed by atoms with Crippen LogP contribution in [-0.2, 0) is 7.05 Å². The molecule has 0 saturated carbocycles. The number of hydrogen-bond donors (Lipinski definition) is 1. The lowest BCUT2D eigenvalue weighted by atomic mass is 10.1. The van der Waals surface area contributed by atoms with Gasteiger partial charge >= 0.3 is 0 Å². The highest BCUT2D eigenvalue weighted by atomic mass is 35.5. The molecule has 0 aliphatic carbocycles. The molecule has 3 heterocycles. The molecule has 2 aromatic heterocycles. The molecule has 1 aromatic carbocycles. The predicted molar refractivity (Wildman–Crippen MR) is 98.9 cm³/mol. The summed E-state index contributed by atoms with van der Waals surface area (Å²) in [6.45, 7) is 2.24. The molecule has 7 heteroatoms. The van der Waals surface area contributed by atoms with E-state index in [1.54, 1.807) is 17.5 Å². The van der Waals surface area contributed by atoms with Crippen LogP contribution in [0.2, 0.25) is 0 Å². The number of rotatable bonds is 2. The molecule has 1 unspecified atom stereocenters. The first-order chi connectivity index (χ1) is 11.3. The summed E-state index contributed by atoms with van der Waals surface area (Å²) in [7, 11) is 1.97. The Balaban J connectivity index is 0.00000169. The fourth-order valence-electron chi connectivity index (χ4n) is 3.17. The Hall–Kier alpha value is -1.89. The number of hydrogen-bond acceptors (Lipinski definition) is 4. The number of nitrogens with one attached hydrogen (secondary N) is 1. The van der Waals surface area contributed by atoms with Crippen LogP contribution in [0, 0.1) is 0 Å². The molecule has 1 atom stereocenters. The van der Waals surface area contributed by atoms with Crippen LogP contribution < -0.4 is 5.32 Å². The van der Waals surface area contributed by atoms with Crippen molar-refractivity contribution in [2.45, 2.75) is 6.04 Å². The van der Waals surface area contributed by atoms with Gasteiger partial charge in [0.05, 0.1) is 5.56 Å². The van der Waals surface area contributed by atoms with Crippen molar-refractivity contribution in [3.05, 3.63) is 53.4 Å². The molecule has 0 radical (unpaired) electrons. The number of nitrogens with zero attached hydrogens (tertiary/aromatic N) is 3. The first-order valence-corrected chi connectivity index (χ1v) is 8.59. The van der Waals surface area contributed by atoms with Crippen molar-refractivity contribution in [3.8, 4) is 0 Å². The molecule has 1 aliphatic rings. The number of amides is 1. The molecule has 1 N–H and O–H groups in total. The van der Waals surface area contributed by atoms with Crippen LogP contribution in [0.3, 0.4) is 0 Å². The summed E-state index contributed by atoms with van der Waals surface area (Å²) in [6.07, 6.45) is 3.71. The molecule has 0 spiro atoms. The van der Waals surface area contributed by atoms with Crippen molar-refractivity contribution in [1.82, 2.24) is 19.8 Å². The van der Waals surface area contributed by atoms with E-state index < -0.39 is 0 Å². The van der Waals surface area contributed by atoms with Gasteiger partial charge in [0.2, 0.25) is 0 Å². The van der Waals surface area contributed by atoms with Gasteiger partial charge in [-0.3, -0.25) is 4.79 Å². The Bertz CT molecular complexity index is 859. The molecular weight excluding hydrogens is 344 g/mol. The second-order valence-electron chi connectivity index (χ2n) is 5.76. The molecule has 24 heavy (non-hydrogen) atoms. The minimum atomic E-state index is -0.0325. The molecule has 1 saturated heterocycles. The number of fused-ring (bicyclic) bond motifs is 1. The van der Waals surface area contributed by atoms with Gasteiger partial charge in [0.15, 0.2) is 0 Å². The molecule has 1 aliphatic heterocycles. The van der Waals surface area contributed by atoms with E-state index in [0.717, 1.165) is 34.6 Å². The summed E-state index contributed by atoms with van der Waals surface area (Å²) in [6, 6.07) is 8.05. The zero-order valence-corrected chi connectivity index (χ0v) is 14.9. The second-order valence-corrected chi connectivity index (χ2v) is 6.67. The Labute approximate surface area is 150 Å². The maximum absolute atomic E-state index is 13.2. The summed E-state index contributed by atoms with van der Waals surface area (Å²) in [5.74, 6) is 1.02. The van der Waals surface area contributed by atoms with Crippen molar-refractivity contribution in [3.63, 3.8) is 0 Å². The summed E-state index contributed by atoms with van der Waals surface area (Å²) in [5, 5.41) is 6.39. The number of imidazole rings is 1. The molecule has 5 nitrogen and oxygen atoms in total. The summed E-state index contributed by atoms with van der Waals surface area (Å²) in [4.78, 5) is 19.6. The highest BCUT2D eigenvalue weighted by Crippen LogP contribution is 2.29. The van der Waals surface area contributed by atoms with Crippen LogP contribution in [0.15, 0.2) is 42.0 Å². The number of halogens is 1. The van der Waals surface area contributed by atoms with Gasteiger partial charge in [-0.05, 0) is 6.07 Å². The quantitative estimate of drug-likeness (QED) is 0.762. The van der Waals surface area contributed by atoms with Crippen LogP contribution in [0.4, 0.5) is 0 Å². The molecule has 3 aromatic rings. The van der Waals surface area contributed by atoms with E-state index in [-0.39, 0.29) is 24.4 Å². The summed E-state index contributed by atoms with van der Waals surface area (Å²) >= 11 is 1.62. The third kappa shape index (κ3) is 2.81. The first kappa shape index (κ1) is 17.0. The summed E-state index contributed by atoms with van der Waals surface area (Å²) in [5.41, 5.74) is 0.798. The van der Waals surface area contributed by atoms with Crippen molar-refractivity contribution in [2.75, 3.05) is 19.6 Å². The lowest BCUT2D eigenvalue weighted by Gasteiger charge is -2.35. The Morgan fingerprint density at radius 2 is 2.21 bits per heavy atom. The minimum absolute atomic E-state index is 0. The van der Waals surface area contributed by atoms with Crippen molar-refractivity contribution >= 4 is 39.7 Å². The van der Waals surface area contributed by atoms with Gasteiger partial charge in [0.25, 0.3) is 5.91 Å². The van der Waals surface area contributed by atoms with Gasteiger partial charge in [-0.1, -0.05) is 18.2 Å². The van der Waals surface area contributed by atoms with Crippen LogP contribution >= 0.6 is 23.7 Å². The maximum Gasteiger partial charge on any atom is 0.256 e. The number of benzene rings is 1. The fourth-order valence-corrected chi connectivity index (χ4v) is 4.11. The molecular formula is C17H19ClN4OS. The van der Waals surface area contributed by atoms with E-state index in [9.17, 15) is 4.79 Å². The zero-order valence-electron chi connectivity index (χ0n) is 13.3. The average molecular weight is 363 g/mol. The van der Waals surface area contributed by atoms with E-state index >= 15 is 0 Å². The van der Waals surface area contributed by atoms with E-state index in [1.807, 2.05) is 46.3 Å². The summed E-state index contributed by atoms with van der Waals surface area (Å²) < 4.78 is 3.14. The smallest absolute Gasteiger partial charge is 0.256 e. The fraction of sp³-hybridized carbons (Fsp3) is 0.294. The number of piperazine rings is 1. The molecule has 126 valence electrons. The van der Waals surface area contributed by atoms with E-state index in [0.29, 0.717) is 6.54 Å². The van der Waals surface area contributed by atoms with Gasteiger partial charge in [0, 0.05) is 54.5 Å². The number of thiophene rings is 1. The lowest BCUT2D eigenvalue weighted by Crippen LogP contribution is -2.49. The third-order valence-electron chi connectivity index (χ3n) is 4.37. The average Bonchev–Trinajstić information content (AvgIpc) is 3.20. The normalized spacial score (nSPS) is 17.7. The number of carbonyl (C=O) groups excluding carboxylic acids is 1. The minimum Gasteiger partial charge on any atom is -0.336 e. The van der Waals surface area contributed by atoms with Crippen molar-refractivity contribution in [1.29, 1.82) is 0 Å². The van der Waals surface area contributed by atoms with Crippen molar-refractivity contribution < 1.29 is 4.79 Å². The van der Waals surface area contributed by atoms with E-state index in [1.165, 1.54) is 0 Å². The third-order valence-corrected chi connectivity index (χ3v) is 5.34. The highest BCUT2D eigenvalue weighted by molar-refractivity contribution is 7.17. The van der Waals surface area contributed by atoms with E-state index in [4.69, 9.17) is 0 Å². The number of carbonyl (C=O) groups is 1. The highest BCUT2D eigenvalue weighted by Gasteiger charge is 2.31. The zero-order chi connectivity index (χ0) is 15.8. The predicted octanol–water partition coefficient (Wildman–Crippen LogP) is 2.84. The second kappa shape index (κ2) is 6.93. The molecule has 1 fully saturated rings. The molecule has 4 rings (SSSR count). The van der Waals surface area contributed by atoms with E-state index in [2.05, 4.69) is 16.4 Å². The SMILES string of the molecule is Cl.Cn1ccnc1C1CNCCN1C(=O)c1csc2ccccc12. The van der Waals surface area contributed by atoms with Gasteiger partial charge in [0.1, 0.15) is 11.9 Å². The standard InChI is InChI=1S/C17H18N4OS.ClH/c1-20-8-7-19-16(20)14-10-18-6-9-21(14)17(22)13-11-23-15-5-3-2-4-12(13)15;/h2-5,7-8,11,14,18H,6,9-10H2,1H3;1H. The lowest BCUT2D eigenvalue weighted by molar-refractivity contribution is 0.0623. The maximum atomic E-state index is 13.2. The van der Waals surface area contributed by atoms with Gasteiger partial charge < -0.3 is 14.8 Å². The van der Waals surface area contributed by atoms with Crippen LogP contribution in [0.5, 0.6) is 0 Å². The van der Waals surface area contributed by atoms with Crippen LogP contribution in [0.25, 0.3) is 10.1 Å². The number of aromatic nitrogens is 2. The Kier molecular flexibility index (Phi) is 4.89. The van der Waals surface area contributed by atoms with Gasteiger partial charge in [-0.25, -0.2) is 4.98 Å². The monoisotopic (exact) mass is 362 g/mol. The van der Waals surface area contributed by atoms with Gasteiger partial charge in [-0.15, -0.1) is 23.7 Å². The first-order valence-electron chi connectivity index (χ1n) is 7.71. The molecule has 0 bridgehead atoms. The number of aryl methyl sites for hydroxylation is 1. The van der Waals surface area contributed by atoms with Gasteiger partial charge in [-0.2, -0.15) is 0 Å². The van der Waals surface area contributed by atoms with Crippen LogP contribution in [-0.4, -0.2) is 40.0 Å².